The Morgan fingerprint density at radius 2 is 1.02 bits per heavy atom. The van der Waals surface area contributed by atoms with E-state index in [0.29, 0.717) is 50.3 Å². The smallest absolute Gasteiger partial charge is 0.305 e. The average Bonchev–Trinajstić information content (AvgIpc) is 3.70. The Kier molecular flexibility index (Phi) is 37.3. The fraction of sp³-hybridized carbons (Fsp3) is 0.538. The van der Waals surface area contributed by atoms with E-state index in [1.807, 2.05) is 21.5 Å². The molecule has 0 fully saturated rings. The molecule has 0 amide bonds. The van der Waals surface area contributed by atoms with Crippen molar-refractivity contribution in [3.63, 3.8) is 0 Å². The van der Waals surface area contributed by atoms with Crippen LogP contribution in [-0.4, -0.2) is 39.6 Å². The molecule has 0 radical (unpaired) electrons. The first-order valence-electron chi connectivity index (χ1n) is 12.6. The third-order valence-electron chi connectivity index (χ3n) is 3.95. The third-order valence-corrected chi connectivity index (χ3v) is 15.4. The van der Waals surface area contributed by atoms with Crippen molar-refractivity contribution in [2.45, 2.75) is 56.4 Å². The average molecular weight is 1040 g/mol. The van der Waals surface area contributed by atoms with Gasteiger partial charge in [-0.05, 0) is 101 Å². The van der Waals surface area contributed by atoms with Crippen LogP contribution in [-0.2, 0) is 61.3 Å². The molecule has 266 valence electrons. The van der Waals surface area contributed by atoms with Gasteiger partial charge in [0.25, 0.3) is 0 Å². The molecule has 0 saturated heterocycles. The summed E-state index contributed by atoms with van der Waals surface area (Å²) >= 11 is 14.6. The van der Waals surface area contributed by atoms with Crippen LogP contribution >= 0.6 is 105 Å². The number of thiophene rings is 3. The fourth-order valence-electron chi connectivity index (χ4n) is 2.44. The van der Waals surface area contributed by atoms with Crippen LogP contribution in [0.5, 0.6) is 0 Å². The van der Waals surface area contributed by atoms with Crippen LogP contribution in [0.3, 0.4) is 0 Å². The SMILES string of the molecule is Brc1cscc1Br.C.C.CCOP(=O)(OCC)c1ccsc1.CCOP(=O)(OCC)c1cscc1Br.CCO[P+](=O)OCC.[Pd]. The minimum Gasteiger partial charge on any atom is -0.305 e. The minimum atomic E-state index is -3.10. The monoisotopic (exact) mass is 1030 g/mol. The van der Waals surface area contributed by atoms with E-state index in [9.17, 15) is 13.7 Å². The van der Waals surface area contributed by atoms with Crippen LogP contribution in [0.1, 0.15) is 56.4 Å². The van der Waals surface area contributed by atoms with Crippen molar-refractivity contribution >= 4 is 116 Å². The van der Waals surface area contributed by atoms with Gasteiger partial charge in [0.15, 0.2) is 0 Å². The van der Waals surface area contributed by atoms with Gasteiger partial charge in [0.2, 0.25) is 0 Å². The van der Waals surface area contributed by atoms with Crippen molar-refractivity contribution in [1.29, 1.82) is 0 Å². The summed E-state index contributed by atoms with van der Waals surface area (Å²) in [7, 11) is -7.94. The molecule has 3 heterocycles. The van der Waals surface area contributed by atoms with E-state index in [2.05, 4.69) is 56.8 Å². The standard InChI is InChI=1S/C8H12BrO3PS.C8H13O3PS.C4H2Br2S.C4H10O3P.2CH4.Pd/c1-3-11-13(10,12-4-2)8-6-14-5-7(8)9;1-3-10-12(9,11-4-2)8-5-6-13-7-8;5-3-1-7-2-4(3)6;1-3-6-8(5)7-4-2;;;/h5-6H,3-4H2,1-2H3;5-7H,3-4H2,1-2H3;1-2H;3-4H2,1-2H3;2*1H4;/q;;;+1;;;. The van der Waals surface area contributed by atoms with Gasteiger partial charge in [-0.1, -0.05) is 14.9 Å². The van der Waals surface area contributed by atoms with Gasteiger partial charge in [-0.15, -0.1) is 9.05 Å². The molecule has 0 saturated carbocycles. The molecule has 0 atom stereocenters. The molecular weight excluding hydrogens is 992 g/mol. The van der Waals surface area contributed by atoms with Crippen molar-refractivity contribution in [3.8, 4) is 0 Å². The van der Waals surface area contributed by atoms with Crippen LogP contribution in [0.15, 0.2) is 51.8 Å². The molecular formula is C26H45Br3O9P3PdS3+. The normalized spacial score (nSPS) is 10.2. The zero-order valence-corrected chi connectivity index (χ0v) is 35.9. The number of hydrogen-bond donors (Lipinski definition) is 0. The molecule has 0 bridgehead atoms. The Labute approximate surface area is 321 Å². The predicted octanol–water partition coefficient (Wildman–Crippen LogP) is 12.3. The quantitative estimate of drug-likeness (QED) is 0.115. The van der Waals surface area contributed by atoms with E-state index < -0.39 is 23.4 Å². The van der Waals surface area contributed by atoms with Gasteiger partial charge in [-0.3, -0.25) is 9.13 Å². The summed E-state index contributed by atoms with van der Waals surface area (Å²) in [4.78, 5) is 0. The summed E-state index contributed by atoms with van der Waals surface area (Å²) in [6, 6.07) is 1.77. The zero-order chi connectivity index (χ0) is 32.0. The molecule has 3 aromatic rings. The molecule has 0 aromatic carbocycles. The van der Waals surface area contributed by atoms with Gasteiger partial charge in [0.05, 0.1) is 37.0 Å². The molecule has 0 N–H and O–H groups in total. The molecule has 0 unspecified atom stereocenters. The Hall–Kier alpha value is 1.52. The molecule has 0 aliphatic rings. The van der Waals surface area contributed by atoms with Crippen molar-refractivity contribution in [3.05, 3.63) is 51.8 Å². The first-order valence-corrected chi connectivity index (χ1v) is 22.0. The molecule has 45 heavy (non-hydrogen) atoms. The second kappa shape index (κ2) is 31.5. The van der Waals surface area contributed by atoms with Crippen LogP contribution in [0.2, 0.25) is 0 Å². The summed E-state index contributed by atoms with van der Waals surface area (Å²) in [5.41, 5.74) is 0. The van der Waals surface area contributed by atoms with Gasteiger partial charge in [-0.25, -0.2) is 0 Å². The Morgan fingerprint density at radius 1 is 0.622 bits per heavy atom. The van der Waals surface area contributed by atoms with Crippen LogP contribution in [0, 0.1) is 0 Å². The van der Waals surface area contributed by atoms with Gasteiger partial charge >= 0.3 is 23.4 Å². The van der Waals surface area contributed by atoms with Gasteiger partial charge in [-0.2, -0.15) is 34.0 Å². The van der Waals surface area contributed by atoms with E-state index in [-0.39, 0.29) is 35.3 Å². The minimum absolute atomic E-state index is 0. The summed E-state index contributed by atoms with van der Waals surface area (Å²) in [5.74, 6) is 0. The van der Waals surface area contributed by atoms with Gasteiger partial charge < -0.3 is 18.1 Å². The molecule has 0 spiro atoms. The summed E-state index contributed by atoms with van der Waals surface area (Å²) in [6.07, 6.45) is 0. The van der Waals surface area contributed by atoms with E-state index in [1.165, 1.54) is 22.7 Å². The number of hydrogen-bond acceptors (Lipinski definition) is 12. The maximum absolute atomic E-state index is 12.2. The van der Waals surface area contributed by atoms with Crippen molar-refractivity contribution in [1.82, 2.24) is 0 Å². The van der Waals surface area contributed by atoms with E-state index in [0.717, 1.165) is 13.4 Å². The van der Waals surface area contributed by atoms with Crippen molar-refractivity contribution in [2.75, 3.05) is 39.6 Å². The predicted molar refractivity (Wildman–Crippen MR) is 201 cm³/mol. The van der Waals surface area contributed by atoms with E-state index in [4.69, 9.17) is 18.1 Å². The largest absolute Gasteiger partial charge is 0.697 e. The first-order chi connectivity index (χ1) is 20.0. The first kappa shape index (κ1) is 53.3. The summed E-state index contributed by atoms with van der Waals surface area (Å²) in [6.45, 7) is 13.2. The summed E-state index contributed by atoms with van der Waals surface area (Å²) < 4.78 is 67.5. The van der Waals surface area contributed by atoms with E-state index in [1.54, 1.807) is 69.7 Å². The second-order valence-corrected chi connectivity index (χ2v) is 16.7. The van der Waals surface area contributed by atoms with Gasteiger partial charge in [0.1, 0.15) is 13.2 Å². The van der Waals surface area contributed by atoms with Crippen LogP contribution < -0.4 is 10.6 Å². The van der Waals surface area contributed by atoms with Gasteiger partial charge in [0, 0.05) is 65.3 Å². The number of halogens is 3. The Balaban J connectivity index is -0.000000252. The number of rotatable bonds is 14. The maximum Gasteiger partial charge on any atom is 0.697 e. The maximum atomic E-state index is 12.2. The van der Waals surface area contributed by atoms with E-state index >= 15 is 0 Å². The molecule has 19 heteroatoms. The fourth-order valence-corrected chi connectivity index (χ4v) is 11.3. The second-order valence-electron chi connectivity index (χ2n) is 6.88. The Bertz CT molecular complexity index is 1170. The molecule has 3 aromatic heterocycles. The van der Waals surface area contributed by atoms with Crippen molar-refractivity contribution < 1.29 is 61.3 Å². The molecule has 0 aliphatic carbocycles. The third kappa shape index (κ3) is 22.1. The van der Waals surface area contributed by atoms with Crippen molar-refractivity contribution in [2.24, 2.45) is 0 Å². The summed E-state index contributed by atoms with van der Waals surface area (Å²) in [5, 5.41) is 12.6. The van der Waals surface area contributed by atoms with Crippen LogP contribution in [0.4, 0.5) is 0 Å². The molecule has 0 aliphatic heterocycles. The molecule has 9 nitrogen and oxygen atoms in total. The Morgan fingerprint density at radius 3 is 1.31 bits per heavy atom. The molecule has 3 rings (SSSR count). The topological polar surface area (TPSA) is 107 Å². The zero-order valence-electron chi connectivity index (χ0n) is 24.5. The van der Waals surface area contributed by atoms with Crippen LogP contribution in [0.25, 0.3) is 0 Å².